The number of carbonyl (C=O) groups is 2. The van der Waals surface area contributed by atoms with E-state index in [1.807, 2.05) is 13.8 Å². The van der Waals surface area contributed by atoms with Gasteiger partial charge < -0.3 is 15.2 Å². The van der Waals surface area contributed by atoms with Crippen molar-refractivity contribution in [2.45, 2.75) is 33.2 Å². The molecule has 0 spiro atoms. The number of aryl methyl sites for hydroxylation is 1. The van der Waals surface area contributed by atoms with Crippen LogP contribution >= 0.6 is 0 Å². The van der Waals surface area contributed by atoms with Crippen LogP contribution in [-0.2, 0) is 4.79 Å². The second kappa shape index (κ2) is 6.93. The van der Waals surface area contributed by atoms with Crippen molar-refractivity contribution < 1.29 is 19.4 Å². The summed E-state index contributed by atoms with van der Waals surface area (Å²) in [6.07, 6.45) is 0.675. The van der Waals surface area contributed by atoms with Crippen LogP contribution < -0.4 is 10.1 Å². The van der Waals surface area contributed by atoms with Gasteiger partial charge in [0.2, 0.25) is 0 Å². The van der Waals surface area contributed by atoms with Gasteiger partial charge in [-0.25, -0.2) is 4.79 Å². The summed E-state index contributed by atoms with van der Waals surface area (Å²) in [4.78, 5) is 23.3. The normalized spacial score (nSPS) is 13.4. The Bertz CT molecular complexity index is 499. The monoisotopic (exact) mass is 279 g/mol. The highest BCUT2D eigenvalue weighted by atomic mass is 16.5. The fourth-order valence-corrected chi connectivity index (χ4v) is 1.87. The van der Waals surface area contributed by atoms with Gasteiger partial charge in [0.25, 0.3) is 5.91 Å². The SMILES string of the molecule is CCC(C)[C@H](NC(=O)c1ccc(C)c(OC)c1)C(=O)O. The van der Waals surface area contributed by atoms with E-state index in [0.29, 0.717) is 17.7 Å². The number of hydrogen-bond donors (Lipinski definition) is 2. The summed E-state index contributed by atoms with van der Waals surface area (Å²) >= 11 is 0. The maximum Gasteiger partial charge on any atom is 0.326 e. The number of hydrogen-bond acceptors (Lipinski definition) is 3. The molecule has 20 heavy (non-hydrogen) atoms. The number of ether oxygens (including phenoxy) is 1. The molecule has 1 aromatic rings. The van der Waals surface area contributed by atoms with E-state index < -0.39 is 17.9 Å². The molecule has 0 heterocycles. The number of methoxy groups -OCH3 is 1. The summed E-state index contributed by atoms with van der Waals surface area (Å²) in [6.45, 7) is 5.57. The van der Waals surface area contributed by atoms with E-state index in [4.69, 9.17) is 4.74 Å². The largest absolute Gasteiger partial charge is 0.496 e. The number of rotatable bonds is 6. The Balaban J connectivity index is 2.92. The van der Waals surface area contributed by atoms with E-state index in [1.165, 1.54) is 7.11 Å². The van der Waals surface area contributed by atoms with E-state index in [-0.39, 0.29) is 5.92 Å². The summed E-state index contributed by atoms with van der Waals surface area (Å²) in [5, 5.41) is 11.7. The molecule has 1 amide bonds. The van der Waals surface area contributed by atoms with Crippen LogP contribution in [-0.4, -0.2) is 30.1 Å². The van der Waals surface area contributed by atoms with E-state index >= 15 is 0 Å². The van der Waals surface area contributed by atoms with E-state index in [9.17, 15) is 14.7 Å². The van der Waals surface area contributed by atoms with Crippen molar-refractivity contribution in [1.29, 1.82) is 0 Å². The molecule has 0 bridgehead atoms. The highest BCUT2D eigenvalue weighted by Crippen LogP contribution is 2.19. The Morgan fingerprint density at radius 1 is 1.40 bits per heavy atom. The predicted molar refractivity (Wildman–Crippen MR) is 76.1 cm³/mol. The zero-order valence-electron chi connectivity index (χ0n) is 12.3. The molecule has 0 saturated carbocycles. The van der Waals surface area contributed by atoms with Gasteiger partial charge in [-0.15, -0.1) is 0 Å². The van der Waals surface area contributed by atoms with Crippen molar-refractivity contribution in [2.24, 2.45) is 5.92 Å². The maximum atomic E-state index is 12.1. The number of aliphatic carboxylic acids is 1. The van der Waals surface area contributed by atoms with Crippen LogP contribution in [0, 0.1) is 12.8 Å². The Morgan fingerprint density at radius 3 is 2.55 bits per heavy atom. The molecule has 110 valence electrons. The first kappa shape index (κ1) is 16.0. The Morgan fingerprint density at radius 2 is 2.05 bits per heavy atom. The Labute approximate surface area is 118 Å². The van der Waals surface area contributed by atoms with E-state index in [2.05, 4.69) is 5.32 Å². The van der Waals surface area contributed by atoms with Crippen molar-refractivity contribution in [3.63, 3.8) is 0 Å². The Kier molecular flexibility index (Phi) is 5.55. The lowest BCUT2D eigenvalue weighted by Crippen LogP contribution is -2.45. The fourth-order valence-electron chi connectivity index (χ4n) is 1.87. The molecule has 5 heteroatoms. The second-order valence-corrected chi connectivity index (χ2v) is 4.86. The first-order valence-corrected chi connectivity index (χ1v) is 6.59. The Hall–Kier alpha value is -2.04. The van der Waals surface area contributed by atoms with Crippen LogP contribution in [0.2, 0.25) is 0 Å². The third kappa shape index (κ3) is 3.73. The molecule has 0 fully saturated rings. The van der Waals surface area contributed by atoms with Gasteiger partial charge in [-0.1, -0.05) is 26.3 Å². The van der Waals surface area contributed by atoms with E-state index in [0.717, 1.165) is 5.56 Å². The van der Waals surface area contributed by atoms with Crippen molar-refractivity contribution in [3.8, 4) is 5.75 Å². The van der Waals surface area contributed by atoms with Crippen LogP contribution in [0.25, 0.3) is 0 Å². The van der Waals surface area contributed by atoms with Crippen molar-refractivity contribution in [3.05, 3.63) is 29.3 Å². The molecule has 0 aliphatic heterocycles. The molecule has 5 nitrogen and oxygen atoms in total. The number of amides is 1. The molecular weight excluding hydrogens is 258 g/mol. The highest BCUT2D eigenvalue weighted by Gasteiger charge is 2.25. The third-order valence-corrected chi connectivity index (χ3v) is 3.44. The van der Waals surface area contributed by atoms with Crippen molar-refractivity contribution in [1.82, 2.24) is 5.32 Å². The first-order chi connectivity index (χ1) is 9.40. The average molecular weight is 279 g/mol. The summed E-state index contributed by atoms with van der Waals surface area (Å²) in [5.41, 5.74) is 1.31. The molecule has 2 N–H and O–H groups in total. The fraction of sp³-hybridized carbons (Fsp3) is 0.467. The molecular formula is C15H21NO4. The van der Waals surface area contributed by atoms with Crippen LogP contribution in [0.15, 0.2) is 18.2 Å². The number of carboxylic acid groups (broad SMARTS) is 1. The zero-order chi connectivity index (χ0) is 15.3. The molecule has 1 unspecified atom stereocenters. The van der Waals surface area contributed by atoms with E-state index in [1.54, 1.807) is 25.1 Å². The zero-order valence-corrected chi connectivity index (χ0v) is 12.3. The lowest BCUT2D eigenvalue weighted by Gasteiger charge is -2.20. The highest BCUT2D eigenvalue weighted by molar-refractivity contribution is 5.97. The van der Waals surface area contributed by atoms with Gasteiger partial charge in [-0.05, 0) is 30.5 Å². The predicted octanol–water partition coefficient (Wildman–Crippen LogP) is 2.23. The smallest absolute Gasteiger partial charge is 0.326 e. The van der Waals surface area contributed by atoms with Gasteiger partial charge in [0.1, 0.15) is 11.8 Å². The van der Waals surface area contributed by atoms with Gasteiger partial charge in [-0.3, -0.25) is 4.79 Å². The topological polar surface area (TPSA) is 75.6 Å². The van der Waals surface area contributed by atoms with Crippen LogP contribution in [0.4, 0.5) is 0 Å². The maximum absolute atomic E-state index is 12.1. The van der Waals surface area contributed by atoms with Crippen LogP contribution in [0.1, 0.15) is 36.2 Å². The van der Waals surface area contributed by atoms with Gasteiger partial charge in [-0.2, -0.15) is 0 Å². The number of benzene rings is 1. The minimum Gasteiger partial charge on any atom is -0.496 e. The molecule has 0 aliphatic rings. The lowest BCUT2D eigenvalue weighted by molar-refractivity contribution is -0.140. The lowest BCUT2D eigenvalue weighted by atomic mass is 9.99. The van der Waals surface area contributed by atoms with Crippen molar-refractivity contribution in [2.75, 3.05) is 7.11 Å². The third-order valence-electron chi connectivity index (χ3n) is 3.44. The van der Waals surface area contributed by atoms with Gasteiger partial charge in [0, 0.05) is 5.56 Å². The molecule has 0 saturated heterocycles. The number of carbonyl (C=O) groups excluding carboxylic acids is 1. The number of carboxylic acids is 1. The first-order valence-electron chi connectivity index (χ1n) is 6.59. The number of nitrogens with one attached hydrogen (secondary N) is 1. The summed E-state index contributed by atoms with van der Waals surface area (Å²) in [5.74, 6) is -0.959. The molecule has 0 radical (unpaired) electrons. The van der Waals surface area contributed by atoms with Gasteiger partial charge >= 0.3 is 5.97 Å². The summed E-state index contributed by atoms with van der Waals surface area (Å²) in [6, 6.07) is 4.15. The molecule has 1 aromatic carbocycles. The molecule has 2 atom stereocenters. The quantitative estimate of drug-likeness (QED) is 0.837. The molecule has 0 aliphatic carbocycles. The van der Waals surface area contributed by atoms with Gasteiger partial charge in [0.15, 0.2) is 0 Å². The summed E-state index contributed by atoms with van der Waals surface area (Å²) in [7, 11) is 1.53. The molecule has 1 rings (SSSR count). The minimum absolute atomic E-state index is 0.135. The van der Waals surface area contributed by atoms with Crippen LogP contribution in [0.3, 0.4) is 0 Å². The minimum atomic E-state index is -1.02. The second-order valence-electron chi connectivity index (χ2n) is 4.86. The van der Waals surface area contributed by atoms with Crippen molar-refractivity contribution >= 4 is 11.9 Å². The van der Waals surface area contributed by atoms with Gasteiger partial charge in [0.05, 0.1) is 7.11 Å². The average Bonchev–Trinajstić information content (AvgIpc) is 2.43. The summed E-state index contributed by atoms with van der Waals surface area (Å²) < 4.78 is 5.16. The standard InChI is InChI=1S/C15H21NO4/c1-5-9(2)13(15(18)19)16-14(17)11-7-6-10(3)12(8-11)20-4/h6-9,13H,5H2,1-4H3,(H,16,17)(H,18,19)/t9?,13-/m0/s1. The molecule has 0 aromatic heterocycles. The van der Waals surface area contributed by atoms with Crippen LogP contribution in [0.5, 0.6) is 5.75 Å².